The number of carbonyl (C=O) groups excluding carboxylic acids is 1. The van der Waals surface area contributed by atoms with E-state index in [1.54, 1.807) is 24.3 Å². The average molecular weight is 282 g/mol. The number of alkyl halides is 1. The third-order valence-electron chi connectivity index (χ3n) is 3.35. The van der Waals surface area contributed by atoms with Crippen LogP contribution in [0.15, 0.2) is 24.3 Å². The fourth-order valence-electron chi connectivity index (χ4n) is 1.83. The summed E-state index contributed by atoms with van der Waals surface area (Å²) in [6, 6.07) is 6.45. The van der Waals surface area contributed by atoms with Crippen molar-refractivity contribution in [3.8, 4) is 5.75 Å². The second-order valence-corrected chi connectivity index (χ2v) is 5.03. The molecule has 1 fully saturated rings. The van der Waals surface area contributed by atoms with Gasteiger partial charge >= 0.3 is 6.03 Å². The number of benzene rings is 1. The molecule has 1 aliphatic carbocycles. The summed E-state index contributed by atoms with van der Waals surface area (Å²) in [7, 11) is 0. The Morgan fingerprint density at radius 3 is 2.90 bits per heavy atom. The molecule has 0 unspecified atom stereocenters. The van der Waals surface area contributed by atoms with Crippen molar-refractivity contribution in [2.45, 2.75) is 12.8 Å². The van der Waals surface area contributed by atoms with Gasteiger partial charge in [-0.1, -0.05) is 6.07 Å². The van der Waals surface area contributed by atoms with E-state index < -0.39 is 6.67 Å². The highest BCUT2D eigenvalue weighted by molar-refractivity contribution is 5.89. The molecule has 0 aromatic heterocycles. The molecule has 1 aromatic carbocycles. The molecule has 5 nitrogen and oxygen atoms in total. The fourth-order valence-corrected chi connectivity index (χ4v) is 1.83. The second kappa shape index (κ2) is 6.56. The molecule has 0 saturated heterocycles. The molecule has 0 bridgehead atoms. The van der Waals surface area contributed by atoms with E-state index in [9.17, 15) is 9.18 Å². The van der Waals surface area contributed by atoms with Crippen molar-refractivity contribution in [1.82, 2.24) is 5.32 Å². The van der Waals surface area contributed by atoms with Crippen molar-refractivity contribution in [3.63, 3.8) is 0 Å². The minimum absolute atomic E-state index is 0.00529. The van der Waals surface area contributed by atoms with Gasteiger partial charge in [0.25, 0.3) is 0 Å². The Morgan fingerprint density at radius 1 is 1.45 bits per heavy atom. The Balaban J connectivity index is 1.81. The van der Waals surface area contributed by atoms with Crippen LogP contribution in [0.4, 0.5) is 14.9 Å². The van der Waals surface area contributed by atoms with Gasteiger partial charge in [0.2, 0.25) is 0 Å². The third kappa shape index (κ3) is 4.09. The van der Waals surface area contributed by atoms with Crippen molar-refractivity contribution < 1.29 is 19.0 Å². The Morgan fingerprint density at radius 2 is 2.25 bits per heavy atom. The first-order valence-electron chi connectivity index (χ1n) is 6.62. The van der Waals surface area contributed by atoms with Crippen molar-refractivity contribution in [2.24, 2.45) is 5.41 Å². The summed E-state index contributed by atoms with van der Waals surface area (Å²) in [6.45, 7) is 0.00324. The largest absolute Gasteiger partial charge is 0.491 e. The number of anilines is 1. The summed E-state index contributed by atoms with van der Waals surface area (Å²) in [6.07, 6.45) is 1.88. The number of halogens is 1. The summed E-state index contributed by atoms with van der Waals surface area (Å²) >= 11 is 0. The molecule has 0 radical (unpaired) electrons. The number of hydrogen-bond acceptors (Lipinski definition) is 3. The van der Waals surface area contributed by atoms with E-state index in [0.29, 0.717) is 18.0 Å². The smallest absolute Gasteiger partial charge is 0.319 e. The monoisotopic (exact) mass is 282 g/mol. The molecular weight excluding hydrogens is 263 g/mol. The molecule has 0 atom stereocenters. The number of aliphatic hydroxyl groups excluding tert-OH is 1. The highest BCUT2D eigenvalue weighted by atomic mass is 19.1. The first-order valence-corrected chi connectivity index (χ1v) is 6.62. The van der Waals surface area contributed by atoms with Crippen molar-refractivity contribution in [2.75, 3.05) is 31.7 Å². The van der Waals surface area contributed by atoms with E-state index in [1.807, 2.05) is 0 Å². The molecule has 20 heavy (non-hydrogen) atoms. The summed E-state index contributed by atoms with van der Waals surface area (Å²) in [5.74, 6) is 0.509. The van der Waals surface area contributed by atoms with Crippen LogP contribution >= 0.6 is 0 Å². The lowest BCUT2D eigenvalue weighted by atomic mass is 10.1. The van der Waals surface area contributed by atoms with Crippen molar-refractivity contribution in [1.29, 1.82) is 0 Å². The summed E-state index contributed by atoms with van der Waals surface area (Å²) in [5, 5.41) is 14.6. The minimum Gasteiger partial charge on any atom is -0.491 e. The molecule has 0 aliphatic heterocycles. The van der Waals surface area contributed by atoms with Crippen LogP contribution in [0, 0.1) is 5.41 Å². The lowest BCUT2D eigenvalue weighted by molar-refractivity contribution is 0.206. The maximum atomic E-state index is 12.0. The van der Waals surface area contributed by atoms with E-state index in [4.69, 9.17) is 9.84 Å². The molecule has 0 heterocycles. The molecule has 2 rings (SSSR count). The van der Waals surface area contributed by atoms with Crippen LogP contribution < -0.4 is 15.4 Å². The van der Waals surface area contributed by atoms with Gasteiger partial charge in [0.1, 0.15) is 19.0 Å². The van der Waals surface area contributed by atoms with Gasteiger partial charge in [0, 0.05) is 23.7 Å². The number of aliphatic hydroxyl groups is 1. The van der Waals surface area contributed by atoms with E-state index in [1.165, 1.54) is 0 Å². The topological polar surface area (TPSA) is 70.6 Å². The lowest BCUT2D eigenvalue weighted by Gasteiger charge is -2.13. The normalized spacial score (nSPS) is 15.5. The standard InChI is InChI=1S/C14H19FN2O3/c15-6-7-20-12-3-1-2-11(8-12)17-13(19)16-9-14(10-18)4-5-14/h1-3,8,18H,4-7,9-10H2,(H2,16,17,19). The number of ether oxygens (including phenoxy) is 1. The van der Waals surface area contributed by atoms with E-state index in [-0.39, 0.29) is 24.7 Å². The summed E-state index contributed by atoms with van der Waals surface area (Å²) in [5.41, 5.74) is 0.455. The van der Waals surface area contributed by atoms with Gasteiger partial charge in [-0.15, -0.1) is 0 Å². The predicted octanol–water partition coefficient (Wildman–Crippen LogP) is 1.93. The highest BCUT2D eigenvalue weighted by Gasteiger charge is 2.42. The molecule has 6 heteroatoms. The second-order valence-electron chi connectivity index (χ2n) is 5.03. The van der Waals surface area contributed by atoms with Gasteiger partial charge in [-0.05, 0) is 25.0 Å². The lowest BCUT2D eigenvalue weighted by Crippen LogP contribution is -2.35. The van der Waals surface area contributed by atoms with Crippen molar-refractivity contribution >= 4 is 11.7 Å². The molecule has 1 aromatic rings. The third-order valence-corrected chi connectivity index (χ3v) is 3.35. The van der Waals surface area contributed by atoms with Crippen LogP contribution in [0.5, 0.6) is 5.75 Å². The van der Waals surface area contributed by atoms with Crippen LogP contribution in [0.2, 0.25) is 0 Å². The Labute approximate surface area is 117 Å². The zero-order chi connectivity index (χ0) is 14.4. The maximum Gasteiger partial charge on any atom is 0.319 e. The van der Waals surface area contributed by atoms with Gasteiger partial charge in [-0.25, -0.2) is 9.18 Å². The minimum atomic E-state index is -0.554. The first kappa shape index (κ1) is 14.6. The van der Waals surface area contributed by atoms with Gasteiger partial charge in [-0.3, -0.25) is 0 Å². The van der Waals surface area contributed by atoms with E-state index in [2.05, 4.69) is 10.6 Å². The number of urea groups is 1. The van der Waals surface area contributed by atoms with Crippen LogP contribution in [-0.4, -0.2) is 37.6 Å². The summed E-state index contributed by atoms with van der Waals surface area (Å²) < 4.78 is 17.2. The molecule has 110 valence electrons. The Hall–Kier alpha value is -1.82. The van der Waals surface area contributed by atoms with Gasteiger partial charge in [-0.2, -0.15) is 0 Å². The molecule has 1 aliphatic rings. The van der Waals surface area contributed by atoms with Crippen LogP contribution in [0.25, 0.3) is 0 Å². The Kier molecular flexibility index (Phi) is 4.79. The zero-order valence-corrected chi connectivity index (χ0v) is 11.2. The Bertz CT molecular complexity index is 463. The number of rotatable bonds is 7. The number of amides is 2. The van der Waals surface area contributed by atoms with Crippen molar-refractivity contribution in [3.05, 3.63) is 24.3 Å². The highest BCUT2D eigenvalue weighted by Crippen LogP contribution is 2.44. The van der Waals surface area contributed by atoms with E-state index in [0.717, 1.165) is 12.8 Å². The molecular formula is C14H19FN2O3. The predicted molar refractivity (Wildman–Crippen MR) is 73.7 cm³/mol. The van der Waals surface area contributed by atoms with E-state index >= 15 is 0 Å². The maximum absolute atomic E-state index is 12.0. The zero-order valence-electron chi connectivity index (χ0n) is 11.2. The fraction of sp³-hybridized carbons (Fsp3) is 0.500. The van der Waals surface area contributed by atoms with Crippen LogP contribution in [0.3, 0.4) is 0 Å². The molecule has 2 amide bonds. The molecule has 0 spiro atoms. The van der Waals surface area contributed by atoms with Gasteiger partial charge in [0.15, 0.2) is 0 Å². The first-order chi connectivity index (χ1) is 9.67. The van der Waals surface area contributed by atoms with Gasteiger partial charge < -0.3 is 20.5 Å². The van der Waals surface area contributed by atoms with Gasteiger partial charge in [0.05, 0.1) is 6.61 Å². The summed E-state index contributed by atoms with van der Waals surface area (Å²) in [4.78, 5) is 11.7. The van der Waals surface area contributed by atoms with Crippen LogP contribution in [-0.2, 0) is 0 Å². The average Bonchev–Trinajstić information content (AvgIpc) is 3.24. The number of nitrogens with one attached hydrogen (secondary N) is 2. The number of carbonyl (C=O) groups is 1. The molecule has 1 saturated carbocycles. The quantitative estimate of drug-likeness (QED) is 0.715. The SMILES string of the molecule is O=C(NCC1(CO)CC1)Nc1cccc(OCCF)c1. The molecule has 3 N–H and O–H groups in total. The van der Waals surface area contributed by atoms with Crippen LogP contribution in [0.1, 0.15) is 12.8 Å². The number of hydrogen-bond donors (Lipinski definition) is 3.